The zero-order chi connectivity index (χ0) is 18.0. The molecule has 1 aliphatic rings. The summed E-state index contributed by atoms with van der Waals surface area (Å²) in [6.45, 7) is 1.30. The zero-order valence-corrected chi connectivity index (χ0v) is 14.7. The molecule has 0 amide bonds. The van der Waals surface area contributed by atoms with Crippen LogP contribution in [-0.4, -0.2) is 37.3 Å². The fourth-order valence-corrected chi connectivity index (χ4v) is 4.66. The number of benzene rings is 2. The van der Waals surface area contributed by atoms with E-state index in [0.717, 1.165) is 5.56 Å². The van der Waals surface area contributed by atoms with Gasteiger partial charge in [0.25, 0.3) is 5.69 Å². The smallest absolute Gasteiger partial charge is 0.269 e. The second kappa shape index (κ2) is 7.09. The number of non-ortho nitro benzene ring substituents is 1. The van der Waals surface area contributed by atoms with Crippen molar-refractivity contribution in [1.29, 1.82) is 0 Å². The third-order valence-electron chi connectivity index (χ3n) is 4.08. The number of sulfonamides is 1. The number of rotatable bonds is 4. The summed E-state index contributed by atoms with van der Waals surface area (Å²) in [5.74, 6) is 0. The van der Waals surface area contributed by atoms with E-state index in [9.17, 15) is 18.5 Å². The second-order valence-corrected chi connectivity index (χ2v) is 7.97. The maximum absolute atomic E-state index is 13.0. The van der Waals surface area contributed by atoms with Crippen molar-refractivity contribution in [2.75, 3.05) is 19.6 Å². The van der Waals surface area contributed by atoms with Crippen LogP contribution in [-0.2, 0) is 10.0 Å². The Kier molecular flexibility index (Phi) is 5.05. The summed E-state index contributed by atoms with van der Waals surface area (Å²) in [7, 11) is -3.79. The van der Waals surface area contributed by atoms with Crippen molar-refractivity contribution in [2.24, 2.45) is 0 Å². The van der Waals surface area contributed by atoms with Crippen molar-refractivity contribution in [2.45, 2.75) is 10.9 Å². The number of hydrogen-bond donors (Lipinski definition) is 1. The predicted octanol–water partition coefficient (Wildman–Crippen LogP) is 2.58. The lowest BCUT2D eigenvalue weighted by Crippen LogP contribution is -2.48. The molecule has 1 fully saturated rings. The molecule has 0 aromatic heterocycles. The molecular formula is C16H16ClN3O4S. The highest BCUT2D eigenvalue weighted by atomic mass is 35.5. The van der Waals surface area contributed by atoms with Gasteiger partial charge in [-0.15, -0.1) is 0 Å². The molecule has 2 aromatic rings. The van der Waals surface area contributed by atoms with Gasteiger partial charge in [-0.1, -0.05) is 23.7 Å². The highest BCUT2D eigenvalue weighted by Gasteiger charge is 2.34. The van der Waals surface area contributed by atoms with Gasteiger partial charge in [-0.25, -0.2) is 8.42 Å². The summed E-state index contributed by atoms with van der Waals surface area (Å²) in [5.41, 5.74) is 0.649. The molecular weight excluding hydrogens is 366 g/mol. The van der Waals surface area contributed by atoms with Crippen LogP contribution < -0.4 is 5.32 Å². The van der Waals surface area contributed by atoms with Crippen molar-refractivity contribution in [1.82, 2.24) is 9.62 Å². The molecule has 1 aliphatic heterocycles. The summed E-state index contributed by atoms with van der Waals surface area (Å²) in [4.78, 5) is 10.2. The van der Waals surface area contributed by atoms with Gasteiger partial charge in [-0.2, -0.15) is 4.31 Å². The number of piperazine rings is 1. The van der Waals surface area contributed by atoms with Gasteiger partial charge in [0.15, 0.2) is 0 Å². The summed E-state index contributed by atoms with van der Waals surface area (Å²) >= 11 is 6.04. The van der Waals surface area contributed by atoms with Crippen molar-refractivity contribution < 1.29 is 13.3 Å². The first-order chi connectivity index (χ1) is 11.9. The van der Waals surface area contributed by atoms with Crippen molar-refractivity contribution in [3.05, 3.63) is 69.2 Å². The maximum atomic E-state index is 13.0. The molecule has 3 rings (SSSR count). The Morgan fingerprint density at radius 3 is 2.56 bits per heavy atom. The molecule has 1 unspecified atom stereocenters. The number of halogens is 1. The summed E-state index contributed by atoms with van der Waals surface area (Å²) in [5, 5.41) is 14.5. The third kappa shape index (κ3) is 3.67. The van der Waals surface area contributed by atoms with Crippen LogP contribution in [0.3, 0.4) is 0 Å². The lowest BCUT2D eigenvalue weighted by molar-refractivity contribution is -0.384. The number of nitro groups is 1. The average molecular weight is 382 g/mol. The van der Waals surface area contributed by atoms with Crippen LogP contribution >= 0.6 is 11.6 Å². The molecule has 0 saturated carbocycles. The molecule has 2 aromatic carbocycles. The fourth-order valence-electron chi connectivity index (χ4n) is 2.85. The number of nitrogens with zero attached hydrogens (tertiary/aromatic N) is 2. The molecule has 9 heteroatoms. The Bertz CT molecular complexity index is 887. The normalized spacial score (nSPS) is 18.8. The van der Waals surface area contributed by atoms with E-state index >= 15 is 0 Å². The molecule has 1 atom stereocenters. The van der Waals surface area contributed by atoms with Gasteiger partial charge in [-0.3, -0.25) is 10.1 Å². The van der Waals surface area contributed by atoms with E-state index in [-0.39, 0.29) is 10.6 Å². The van der Waals surface area contributed by atoms with Crippen molar-refractivity contribution in [3.8, 4) is 0 Å². The highest BCUT2D eigenvalue weighted by Crippen LogP contribution is 2.30. The highest BCUT2D eigenvalue weighted by molar-refractivity contribution is 7.89. The molecule has 7 nitrogen and oxygen atoms in total. The number of nitrogens with one attached hydrogen (secondary N) is 1. The van der Waals surface area contributed by atoms with Gasteiger partial charge < -0.3 is 5.32 Å². The monoisotopic (exact) mass is 381 g/mol. The van der Waals surface area contributed by atoms with Gasteiger partial charge >= 0.3 is 0 Å². The van der Waals surface area contributed by atoms with Gasteiger partial charge in [0.2, 0.25) is 10.0 Å². The quantitative estimate of drug-likeness (QED) is 0.649. The Hall–Kier alpha value is -2.00. The maximum Gasteiger partial charge on any atom is 0.269 e. The number of nitro benzene ring substituents is 1. The Labute approximate surface area is 150 Å². The lowest BCUT2D eigenvalue weighted by atomic mass is 10.1. The van der Waals surface area contributed by atoms with E-state index < -0.39 is 21.0 Å². The first-order valence-electron chi connectivity index (χ1n) is 7.62. The van der Waals surface area contributed by atoms with Crippen LogP contribution in [0.2, 0.25) is 5.02 Å². The first-order valence-corrected chi connectivity index (χ1v) is 9.44. The molecule has 1 heterocycles. The predicted molar refractivity (Wildman–Crippen MR) is 94.1 cm³/mol. The summed E-state index contributed by atoms with van der Waals surface area (Å²) in [6, 6.07) is 11.6. The SMILES string of the molecule is O=[N+]([O-])c1ccc(S(=O)(=O)N2CCNCC2c2cccc(Cl)c2)cc1. The van der Waals surface area contributed by atoms with Crippen molar-refractivity contribution >= 4 is 27.3 Å². The Morgan fingerprint density at radius 1 is 1.20 bits per heavy atom. The molecule has 0 aliphatic carbocycles. The Morgan fingerprint density at radius 2 is 1.92 bits per heavy atom. The van der Waals surface area contributed by atoms with E-state index in [2.05, 4.69) is 5.32 Å². The van der Waals surface area contributed by atoms with Gasteiger partial charge in [0.05, 0.1) is 15.9 Å². The van der Waals surface area contributed by atoms with Gasteiger partial charge in [0, 0.05) is 36.8 Å². The van der Waals surface area contributed by atoms with Crippen LogP contribution in [0.15, 0.2) is 53.4 Å². The topological polar surface area (TPSA) is 92.5 Å². The summed E-state index contributed by atoms with van der Waals surface area (Å²) < 4.78 is 27.5. The van der Waals surface area contributed by atoms with Gasteiger partial charge in [-0.05, 0) is 29.8 Å². The molecule has 1 N–H and O–H groups in total. The van der Waals surface area contributed by atoms with Crippen molar-refractivity contribution in [3.63, 3.8) is 0 Å². The van der Waals surface area contributed by atoms with Crippen LogP contribution in [0.5, 0.6) is 0 Å². The van der Waals surface area contributed by atoms with E-state index in [1.807, 2.05) is 6.07 Å². The lowest BCUT2D eigenvalue weighted by Gasteiger charge is -2.35. The van der Waals surface area contributed by atoms with E-state index in [1.165, 1.54) is 28.6 Å². The second-order valence-electron chi connectivity index (χ2n) is 5.64. The van der Waals surface area contributed by atoms with Crippen LogP contribution in [0.4, 0.5) is 5.69 Å². The van der Waals surface area contributed by atoms with E-state index in [4.69, 9.17) is 11.6 Å². The van der Waals surface area contributed by atoms with E-state index in [1.54, 1.807) is 18.2 Å². The molecule has 0 bridgehead atoms. The standard InChI is InChI=1S/C16H16ClN3O4S/c17-13-3-1-2-12(10-13)16-11-18-8-9-19(16)25(23,24)15-6-4-14(5-7-15)20(21)22/h1-7,10,16,18H,8-9,11H2. The third-order valence-corrected chi connectivity index (χ3v) is 6.24. The van der Waals surface area contributed by atoms with Gasteiger partial charge in [0.1, 0.15) is 0 Å². The molecule has 25 heavy (non-hydrogen) atoms. The minimum atomic E-state index is -3.79. The zero-order valence-electron chi connectivity index (χ0n) is 13.1. The minimum absolute atomic E-state index is 0.0343. The Balaban J connectivity index is 1.97. The molecule has 1 saturated heterocycles. The first kappa shape index (κ1) is 17.8. The van der Waals surface area contributed by atoms with E-state index in [0.29, 0.717) is 24.7 Å². The van der Waals surface area contributed by atoms with Crippen LogP contribution in [0.25, 0.3) is 0 Å². The number of hydrogen-bond acceptors (Lipinski definition) is 5. The fraction of sp³-hybridized carbons (Fsp3) is 0.250. The van der Waals surface area contributed by atoms with Crippen LogP contribution in [0, 0.1) is 10.1 Å². The molecule has 0 spiro atoms. The minimum Gasteiger partial charge on any atom is -0.313 e. The van der Waals surface area contributed by atoms with Crippen LogP contribution in [0.1, 0.15) is 11.6 Å². The largest absolute Gasteiger partial charge is 0.313 e. The summed E-state index contributed by atoms with van der Waals surface area (Å²) in [6.07, 6.45) is 0. The molecule has 0 radical (unpaired) electrons. The average Bonchev–Trinajstić information content (AvgIpc) is 2.62. The molecule has 132 valence electrons.